The number of amides is 1. The van der Waals surface area contributed by atoms with E-state index in [0.29, 0.717) is 38.0 Å². The maximum Gasteiger partial charge on any atom is 0.421 e. The minimum Gasteiger partial charge on any atom is -0.384 e. The molecule has 1 aliphatic heterocycles. The van der Waals surface area contributed by atoms with Crippen LogP contribution in [-0.2, 0) is 23.9 Å². The Morgan fingerprint density at radius 2 is 1.97 bits per heavy atom. The van der Waals surface area contributed by atoms with Crippen LogP contribution in [-0.4, -0.2) is 50.6 Å². The highest BCUT2D eigenvalue weighted by Crippen LogP contribution is 2.35. The van der Waals surface area contributed by atoms with Gasteiger partial charge in [0, 0.05) is 37.1 Å². The molecule has 0 unspecified atom stereocenters. The number of carbonyl (C=O) groups excluding carboxylic acids is 1. The van der Waals surface area contributed by atoms with Crippen molar-refractivity contribution in [3.05, 3.63) is 41.1 Å². The van der Waals surface area contributed by atoms with E-state index in [9.17, 15) is 23.1 Å². The summed E-state index contributed by atoms with van der Waals surface area (Å²) in [4.78, 5) is 21.7. The van der Waals surface area contributed by atoms with Gasteiger partial charge in [0.2, 0.25) is 5.95 Å². The highest BCUT2D eigenvalue weighted by Gasteiger charge is 2.36. The fraction of sp³-hybridized carbons (Fsp3) is 0.522. The Hall–Kier alpha value is -2.92. The SMILES string of the molecule is C[C@H](O)C(=O)N1CCc2cc(Nc3ncc(C(F)(F)F)c(NC4CCC(N)CC4)n3)ccc2C1. The van der Waals surface area contributed by atoms with E-state index in [1.54, 1.807) is 11.0 Å². The molecule has 1 aromatic heterocycles. The van der Waals surface area contributed by atoms with Crippen LogP contribution in [0.2, 0.25) is 0 Å². The van der Waals surface area contributed by atoms with Crippen molar-refractivity contribution < 1.29 is 23.1 Å². The van der Waals surface area contributed by atoms with E-state index in [2.05, 4.69) is 20.6 Å². The number of benzene rings is 1. The minimum absolute atomic E-state index is 0.0599. The van der Waals surface area contributed by atoms with Gasteiger partial charge in [-0.15, -0.1) is 0 Å². The highest BCUT2D eigenvalue weighted by molar-refractivity contribution is 5.80. The Bertz CT molecular complexity index is 1040. The van der Waals surface area contributed by atoms with Crippen molar-refractivity contribution in [1.82, 2.24) is 14.9 Å². The number of hydrogen-bond acceptors (Lipinski definition) is 7. The molecule has 8 nitrogen and oxygen atoms in total. The second kappa shape index (κ2) is 9.75. The van der Waals surface area contributed by atoms with E-state index in [4.69, 9.17) is 5.73 Å². The smallest absolute Gasteiger partial charge is 0.384 e. The van der Waals surface area contributed by atoms with Crippen molar-refractivity contribution >= 4 is 23.4 Å². The van der Waals surface area contributed by atoms with E-state index in [0.717, 1.165) is 30.2 Å². The van der Waals surface area contributed by atoms with Crippen LogP contribution in [0.4, 0.5) is 30.6 Å². The normalized spacial score (nSPS) is 21.5. The predicted octanol–water partition coefficient (Wildman–Crippen LogP) is 3.19. The number of nitrogens with one attached hydrogen (secondary N) is 2. The van der Waals surface area contributed by atoms with Gasteiger partial charge < -0.3 is 26.4 Å². The van der Waals surface area contributed by atoms with Crippen molar-refractivity contribution in [2.45, 2.75) is 69.9 Å². The Morgan fingerprint density at radius 1 is 1.24 bits per heavy atom. The van der Waals surface area contributed by atoms with Gasteiger partial charge in [-0.2, -0.15) is 18.2 Å². The molecule has 0 radical (unpaired) electrons. The lowest BCUT2D eigenvalue weighted by Crippen LogP contribution is -2.41. The van der Waals surface area contributed by atoms with Gasteiger partial charge >= 0.3 is 6.18 Å². The number of aliphatic hydroxyl groups excluding tert-OH is 1. The summed E-state index contributed by atoms with van der Waals surface area (Å²) >= 11 is 0. The molecule has 1 aromatic carbocycles. The van der Waals surface area contributed by atoms with Gasteiger partial charge in [-0.05, 0) is 62.3 Å². The zero-order valence-corrected chi connectivity index (χ0v) is 18.9. The minimum atomic E-state index is -4.58. The lowest BCUT2D eigenvalue weighted by atomic mass is 9.92. The molecule has 2 heterocycles. The van der Waals surface area contributed by atoms with E-state index in [1.807, 2.05) is 12.1 Å². The molecule has 11 heteroatoms. The summed E-state index contributed by atoms with van der Waals surface area (Å²) in [5, 5.41) is 15.5. The summed E-state index contributed by atoms with van der Waals surface area (Å²) in [6.45, 7) is 2.33. The number of anilines is 3. The molecule has 0 spiro atoms. The Kier molecular flexibility index (Phi) is 6.94. The van der Waals surface area contributed by atoms with Crippen molar-refractivity contribution in [3.8, 4) is 0 Å². The molecule has 0 bridgehead atoms. The van der Waals surface area contributed by atoms with Gasteiger partial charge in [0.25, 0.3) is 5.91 Å². The van der Waals surface area contributed by atoms with E-state index in [1.165, 1.54) is 6.92 Å². The van der Waals surface area contributed by atoms with Crippen LogP contribution < -0.4 is 16.4 Å². The number of rotatable bonds is 5. The van der Waals surface area contributed by atoms with Crippen LogP contribution in [0.1, 0.15) is 49.3 Å². The highest BCUT2D eigenvalue weighted by atomic mass is 19.4. The quantitative estimate of drug-likeness (QED) is 0.522. The number of nitrogens with zero attached hydrogens (tertiary/aromatic N) is 3. The summed E-state index contributed by atoms with van der Waals surface area (Å²) < 4.78 is 40.6. The van der Waals surface area contributed by atoms with Gasteiger partial charge in [0.05, 0.1) is 0 Å². The summed E-state index contributed by atoms with van der Waals surface area (Å²) in [7, 11) is 0. The van der Waals surface area contributed by atoms with Gasteiger partial charge in [-0.3, -0.25) is 4.79 Å². The van der Waals surface area contributed by atoms with Crippen molar-refractivity contribution in [2.24, 2.45) is 5.73 Å². The number of carbonyl (C=O) groups is 1. The second-order valence-electron chi connectivity index (χ2n) is 9.00. The predicted molar refractivity (Wildman–Crippen MR) is 121 cm³/mol. The van der Waals surface area contributed by atoms with Crippen LogP contribution in [0.3, 0.4) is 0 Å². The van der Waals surface area contributed by atoms with Crippen LogP contribution in [0, 0.1) is 0 Å². The molecule has 1 atom stereocenters. The molecule has 1 fully saturated rings. The molecule has 5 N–H and O–H groups in total. The van der Waals surface area contributed by atoms with Crippen molar-refractivity contribution in [3.63, 3.8) is 0 Å². The first-order chi connectivity index (χ1) is 16.1. The van der Waals surface area contributed by atoms with E-state index >= 15 is 0 Å². The molecule has 1 amide bonds. The van der Waals surface area contributed by atoms with Crippen LogP contribution in [0.5, 0.6) is 0 Å². The summed E-state index contributed by atoms with van der Waals surface area (Å²) in [6.07, 6.45) is -1.34. The lowest BCUT2D eigenvalue weighted by Gasteiger charge is -2.30. The Labute approximate surface area is 195 Å². The van der Waals surface area contributed by atoms with E-state index < -0.39 is 17.8 Å². The standard InChI is InChI=1S/C23H29F3N6O2/c1-13(33)21(34)32-9-8-14-10-18(5-2-15(14)12-32)30-22-28-11-19(23(24,25)26)20(31-22)29-17-6-3-16(27)4-7-17/h2,5,10-11,13,16-17,33H,3-4,6-9,12,27H2,1H3,(H2,28,29,30,31)/t13-,16?,17?/m0/s1. The summed E-state index contributed by atoms with van der Waals surface area (Å²) in [5.41, 5.74) is 7.62. The molecule has 34 heavy (non-hydrogen) atoms. The van der Waals surface area contributed by atoms with E-state index in [-0.39, 0.29) is 29.8 Å². The molecule has 1 saturated carbocycles. The topological polar surface area (TPSA) is 116 Å². The zero-order chi connectivity index (χ0) is 24.5. The Morgan fingerprint density at radius 3 is 2.65 bits per heavy atom. The fourth-order valence-corrected chi connectivity index (χ4v) is 4.43. The van der Waals surface area contributed by atoms with Gasteiger partial charge in [0.15, 0.2) is 0 Å². The van der Waals surface area contributed by atoms with Crippen LogP contribution >= 0.6 is 0 Å². The number of aliphatic hydroxyl groups is 1. The van der Waals surface area contributed by atoms with Crippen LogP contribution in [0.15, 0.2) is 24.4 Å². The summed E-state index contributed by atoms with van der Waals surface area (Å²) in [5.74, 6) is -0.494. The second-order valence-corrected chi connectivity index (χ2v) is 9.00. The van der Waals surface area contributed by atoms with Crippen molar-refractivity contribution in [1.29, 1.82) is 0 Å². The lowest BCUT2D eigenvalue weighted by molar-refractivity contribution is -0.140. The number of aromatic nitrogens is 2. The van der Waals surface area contributed by atoms with Crippen LogP contribution in [0.25, 0.3) is 0 Å². The maximum absolute atomic E-state index is 13.5. The third-order valence-electron chi connectivity index (χ3n) is 6.35. The van der Waals surface area contributed by atoms with Gasteiger partial charge in [0.1, 0.15) is 17.5 Å². The molecular formula is C23H29F3N6O2. The number of hydrogen-bond donors (Lipinski definition) is 4. The maximum atomic E-state index is 13.5. The molecule has 184 valence electrons. The Balaban J connectivity index is 1.51. The summed E-state index contributed by atoms with van der Waals surface area (Å²) in [6, 6.07) is 5.47. The zero-order valence-electron chi connectivity index (χ0n) is 18.9. The molecule has 2 aliphatic rings. The first-order valence-corrected chi connectivity index (χ1v) is 11.4. The average molecular weight is 479 g/mol. The monoisotopic (exact) mass is 478 g/mol. The number of nitrogens with two attached hydrogens (primary N) is 1. The number of fused-ring (bicyclic) bond motifs is 1. The average Bonchev–Trinajstić information content (AvgIpc) is 2.79. The first kappa shape index (κ1) is 24.2. The third kappa shape index (κ3) is 5.58. The molecule has 1 aliphatic carbocycles. The number of halogens is 3. The molecular weight excluding hydrogens is 449 g/mol. The molecule has 2 aromatic rings. The first-order valence-electron chi connectivity index (χ1n) is 11.4. The fourth-order valence-electron chi connectivity index (χ4n) is 4.43. The molecule has 0 saturated heterocycles. The van der Waals surface area contributed by atoms with Gasteiger partial charge in [-0.1, -0.05) is 6.07 Å². The molecule has 4 rings (SSSR count). The van der Waals surface area contributed by atoms with Crippen molar-refractivity contribution in [2.75, 3.05) is 17.2 Å². The number of alkyl halides is 3. The largest absolute Gasteiger partial charge is 0.421 e. The third-order valence-corrected chi connectivity index (χ3v) is 6.35. The van der Waals surface area contributed by atoms with Gasteiger partial charge in [-0.25, -0.2) is 4.98 Å².